The van der Waals surface area contributed by atoms with Gasteiger partial charge >= 0.3 is 0 Å². The lowest BCUT2D eigenvalue weighted by atomic mass is 9.93. The zero-order valence-corrected chi connectivity index (χ0v) is 14.4. The monoisotopic (exact) mass is 334 g/mol. The third-order valence-electron chi connectivity index (χ3n) is 5.14. The van der Waals surface area contributed by atoms with E-state index >= 15 is 0 Å². The van der Waals surface area contributed by atoms with Crippen molar-refractivity contribution in [3.8, 4) is 0 Å². The summed E-state index contributed by atoms with van der Waals surface area (Å²) in [6, 6.07) is 20.0. The molecule has 3 aromatic rings. The van der Waals surface area contributed by atoms with Gasteiger partial charge in [0.25, 0.3) is 0 Å². The Bertz CT molecular complexity index is 841. The summed E-state index contributed by atoms with van der Waals surface area (Å²) < 4.78 is 13.4. The Hall–Kier alpha value is -2.42. The molecule has 0 radical (unpaired) electrons. The van der Waals surface area contributed by atoms with Crippen molar-refractivity contribution in [3.05, 3.63) is 72.2 Å². The number of hydrogen-bond donors (Lipinski definition) is 0. The van der Waals surface area contributed by atoms with Crippen molar-refractivity contribution in [2.75, 3.05) is 4.90 Å². The van der Waals surface area contributed by atoms with Gasteiger partial charge in [0.1, 0.15) is 5.82 Å². The first-order valence-corrected chi connectivity index (χ1v) is 9.16. The van der Waals surface area contributed by atoms with Gasteiger partial charge in [-0.1, -0.05) is 43.5 Å². The number of halogens is 1. The van der Waals surface area contributed by atoms with Crippen LogP contribution in [-0.4, -0.2) is 11.0 Å². The Morgan fingerprint density at radius 2 is 1.72 bits per heavy atom. The molecule has 25 heavy (non-hydrogen) atoms. The lowest BCUT2D eigenvalue weighted by Crippen LogP contribution is -2.36. The van der Waals surface area contributed by atoms with Crippen LogP contribution in [0.25, 0.3) is 10.9 Å². The second kappa shape index (κ2) is 7.22. The van der Waals surface area contributed by atoms with Crippen LogP contribution in [-0.2, 0) is 6.54 Å². The second-order valence-corrected chi connectivity index (χ2v) is 6.89. The van der Waals surface area contributed by atoms with Crippen LogP contribution < -0.4 is 4.90 Å². The van der Waals surface area contributed by atoms with Crippen molar-refractivity contribution < 1.29 is 4.39 Å². The van der Waals surface area contributed by atoms with E-state index < -0.39 is 0 Å². The summed E-state index contributed by atoms with van der Waals surface area (Å²) in [7, 11) is 0. The Labute approximate surface area is 148 Å². The molecule has 2 nitrogen and oxygen atoms in total. The van der Waals surface area contributed by atoms with Crippen LogP contribution in [0.1, 0.15) is 37.8 Å². The minimum atomic E-state index is -0.213. The minimum absolute atomic E-state index is 0.213. The number of nitrogens with zero attached hydrogens (tertiary/aromatic N) is 2. The van der Waals surface area contributed by atoms with Gasteiger partial charge in [-0.25, -0.2) is 4.39 Å². The van der Waals surface area contributed by atoms with Crippen molar-refractivity contribution in [1.82, 2.24) is 4.98 Å². The molecular formula is C22H23FN2. The summed E-state index contributed by atoms with van der Waals surface area (Å²) in [6.45, 7) is 0.794. The molecular weight excluding hydrogens is 311 g/mol. The van der Waals surface area contributed by atoms with Gasteiger partial charge in [-0.05, 0) is 49.2 Å². The predicted molar refractivity (Wildman–Crippen MR) is 101 cm³/mol. The van der Waals surface area contributed by atoms with Crippen LogP contribution in [0.4, 0.5) is 10.1 Å². The van der Waals surface area contributed by atoms with Gasteiger partial charge in [-0.3, -0.25) is 4.98 Å². The molecule has 0 saturated heterocycles. The molecule has 1 heterocycles. The molecule has 0 N–H and O–H groups in total. The molecule has 2 aromatic carbocycles. The fourth-order valence-corrected chi connectivity index (χ4v) is 3.84. The summed E-state index contributed by atoms with van der Waals surface area (Å²) in [6.07, 6.45) is 6.44. The Balaban J connectivity index is 1.64. The lowest BCUT2D eigenvalue weighted by Gasteiger charge is -2.36. The highest BCUT2D eigenvalue weighted by Gasteiger charge is 2.22. The van der Waals surface area contributed by atoms with Crippen LogP contribution in [0, 0.1) is 5.82 Å². The van der Waals surface area contributed by atoms with E-state index in [0.29, 0.717) is 6.04 Å². The van der Waals surface area contributed by atoms with E-state index in [1.165, 1.54) is 43.9 Å². The van der Waals surface area contributed by atoms with Gasteiger partial charge in [-0.15, -0.1) is 0 Å². The molecule has 128 valence electrons. The Morgan fingerprint density at radius 1 is 0.920 bits per heavy atom. The highest BCUT2D eigenvalue weighted by atomic mass is 19.1. The van der Waals surface area contributed by atoms with Crippen LogP contribution in [0.3, 0.4) is 0 Å². The van der Waals surface area contributed by atoms with Gasteiger partial charge in [0, 0.05) is 17.1 Å². The summed E-state index contributed by atoms with van der Waals surface area (Å²) in [5.74, 6) is -0.213. The van der Waals surface area contributed by atoms with E-state index in [9.17, 15) is 4.39 Å². The van der Waals surface area contributed by atoms with Gasteiger partial charge in [0.15, 0.2) is 0 Å². The topological polar surface area (TPSA) is 16.1 Å². The average molecular weight is 334 g/mol. The number of hydrogen-bond acceptors (Lipinski definition) is 2. The second-order valence-electron chi connectivity index (χ2n) is 6.89. The van der Waals surface area contributed by atoms with E-state index in [-0.39, 0.29) is 5.82 Å². The SMILES string of the molecule is Fc1ccc2nc(CN(c3ccccc3)C3CCCCC3)ccc2c1. The maximum absolute atomic E-state index is 13.4. The zero-order valence-electron chi connectivity index (χ0n) is 14.4. The molecule has 0 aliphatic heterocycles. The van der Waals surface area contributed by atoms with E-state index in [1.807, 2.05) is 12.1 Å². The molecule has 0 bridgehead atoms. The smallest absolute Gasteiger partial charge is 0.123 e. The molecule has 3 heteroatoms. The molecule has 1 aliphatic carbocycles. The van der Waals surface area contributed by atoms with Gasteiger partial charge in [-0.2, -0.15) is 0 Å². The van der Waals surface area contributed by atoms with Crippen molar-refractivity contribution >= 4 is 16.6 Å². The van der Waals surface area contributed by atoms with Crippen LogP contribution in [0.5, 0.6) is 0 Å². The molecule has 4 rings (SSSR count). The summed E-state index contributed by atoms with van der Waals surface area (Å²) in [5.41, 5.74) is 3.15. The van der Waals surface area contributed by atoms with Crippen molar-refractivity contribution in [1.29, 1.82) is 0 Å². The molecule has 0 amide bonds. The first-order chi connectivity index (χ1) is 12.3. The van der Waals surface area contributed by atoms with E-state index in [4.69, 9.17) is 4.98 Å². The molecule has 1 aromatic heterocycles. The van der Waals surface area contributed by atoms with Gasteiger partial charge in [0.05, 0.1) is 17.8 Å². The molecule has 0 spiro atoms. The molecule has 1 aliphatic rings. The van der Waals surface area contributed by atoms with E-state index in [0.717, 1.165) is 23.1 Å². The predicted octanol–water partition coefficient (Wildman–Crippen LogP) is 5.71. The van der Waals surface area contributed by atoms with Crippen LogP contribution >= 0.6 is 0 Å². The largest absolute Gasteiger partial charge is 0.363 e. The van der Waals surface area contributed by atoms with Gasteiger partial charge < -0.3 is 4.90 Å². The highest BCUT2D eigenvalue weighted by Crippen LogP contribution is 2.29. The fourth-order valence-electron chi connectivity index (χ4n) is 3.84. The number of fused-ring (bicyclic) bond motifs is 1. The zero-order chi connectivity index (χ0) is 17.1. The number of pyridine rings is 1. The first-order valence-electron chi connectivity index (χ1n) is 9.16. The summed E-state index contributed by atoms with van der Waals surface area (Å²) in [4.78, 5) is 7.27. The van der Waals surface area contributed by atoms with Gasteiger partial charge in [0.2, 0.25) is 0 Å². The van der Waals surface area contributed by atoms with Crippen LogP contribution in [0.2, 0.25) is 0 Å². The number of anilines is 1. The standard InChI is InChI=1S/C22H23FN2/c23-18-12-14-22-17(15-18)11-13-19(24-22)16-25(20-7-3-1-4-8-20)21-9-5-2-6-10-21/h1,3-4,7-8,11-15,21H,2,5-6,9-10,16H2. The van der Waals surface area contributed by atoms with Crippen molar-refractivity contribution in [2.45, 2.75) is 44.7 Å². The summed E-state index contributed by atoms with van der Waals surface area (Å²) in [5, 5.41) is 0.854. The number of para-hydroxylation sites is 1. The number of benzene rings is 2. The summed E-state index contributed by atoms with van der Waals surface area (Å²) >= 11 is 0. The van der Waals surface area contributed by atoms with Crippen molar-refractivity contribution in [3.63, 3.8) is 0 Å². The first kappa shape index (κ1) is 16.1. The maximum atomic E-state index is 13.4. The van der Waals surface area contributed by atoms with E-state index in [2.05, 4.69) is 35.2 Å². The molecule has 1 saturated carbocycles. The van der Waals surface area contributed by atoms with Crippen LogP contribution in [0.15, 0.2) is 60.7 Å². The maximum Gasteiger partial charge on any atom is 0.123 e. The molecule has 1 fully saturated rings. The van der Waals surface area contributed by atoms with E-state index in [1.54, 1.807) is 12.1 Å². The fraction of sp³-hybridized carbons (Fsp3) is 0.318. The van der Waals surface area contributed by atoms with Crippen molar-refractivity contribution in [2.24, 2.45) is 0 Å². The third kappa shape index (κ3) is 3.65. The highest BCUT2D eigenvalue weighted by molar-refractivity contribution is 5.78. The molecule has 0 atom stereocenters. The quantitative estimate of drug-likeness (QED) is 0.607. The minimum Gasteiger partial charge on any atom is -0.363 e. The Kier molecular flexibility index (Phi) is 4.64. The number of aromatic nitrogens is 1. The Morgan fingerprint density at radius 3 is 2.52 bits per heavy atom. The lowest BCUT2D eigenvalue weighted by molar-refractivity contribution is 0.412. The third-order valence-corrected chi connectivity index (χ3v) is 5.14. The normalized spacial score (nSPS) is 15.4. The number of rotatable bonds is 4. The molecule has 0 unspecified atom stereocenters. The average Bonchev–Trinajstić information content (AvgIpc) is 2.67.